The number of nitrogens with zero attached hydrogens (tertiary/aromatic N) is 1. The number of ether oxygens (including phenoxy) is 1. The zero-order chi connectivity index (χ0) is 20.8. The summed E-state index contributed by atoms with van der Waals surface area (Å²) in [5.74, 6) is -6.40. The van der Waals surface area contributed by atoms with Crippen LogP contribution in [0, 0.1) is 6.92 Å². The molecule has 1 aromatic carbocycles. The van der Waals surface area contributed by atoms with Crippen molar-refractivity contribution >= 4 is 16.9 Å². The molecule has 148 valence electrons. The zero-order valence-corrected chi connectivity index (χ0v) is 15.0. The first kappa shape index (κ1) is 20.9. The largest absolute Gasteiger partial charge is 0.487 e. The summed E-state index contributed by atoms with van der Waals surface area (Å²) in [4.78, 5) is 15.4. The third kappa shape index (κ3) is 4.28. The van der Waals surface area contributed by atoms with Crippen molar-refractivity contribution in [2.75, 3.05) is 6.61 Å². The van der Waals surface area contributed by atoms with Gasteiger partial charge in [0.15, 0.2) is 6.61 Å². The SMILES string of the molecule is Cc1cc(C(=O)O)nc2c(C(C)(C)C)cc(OCC(F)(F)C(F)(F)F)cc12. The molecule has 0 spiro atoms. The van der Waals surface area contributed by atoms with Crippen LogP contribution in [-0.2, 0) is 5.41 Å². The average molecular weight is 391 g/mol. The van der Waals surface area contributed by atoms with E-state index in [0.717, 1.165) is 0 Å². The van der Waals surface area contributed by atoms with Gasteiger partial charge in [0.2, 0.25) is 0 Å². The van der Waals surface area contributed by atoms with Gasteiger partial charge < -0.3 is 9.84 Å². The number of aryl methyl sites for hydroxylation is 1. The molecule has 0 saturated carbocycles. The molecular weight excluding hydrogens is 373 g/mol. The zero-order valence-electron chi connectivity index (χ0n) is 15.0. The van der Waals surface area contributed by atoms with Gasteiger partial charge in [-0.3, -0.25) is 0 Å². The Bertz CT molecular complexity index is 885. The van der Waals surface area contributed by atoms with Crippen LogP contribution in [0.15, 0.2) is 18.2 Å². The summed E-state index contributed by atoms with van der Waals surface area (Å²) in [5.41, 5.74) is 0.492. The van der Waals surface area contributed by atoms with Crippen LogP contribution in [0.5, 0.6) is 5.75 Å². The summed E-state index contributed by atoms with van der Waals surface area (Å²) < 4.78 is 68.1. The molecule has 0 radical (unpaired) electrons. The maximum Gasteiger partial charge on any atom is 0.456 e. The maximum atomic E-state index is 13.2. The molecule has 9 heteroatoms. The number of rotatable bonds is 4. The third-order valence-electron chi connectivity index (χ3n) is 3.96. The summed E-state index contributed by atoms with van der Waals surface area (Å²) in [6.07, 6.45) is -5.72. The van der Waals surface area contributed by atoms with Gasteiger partial charge in [-0.05, 0) is 41.7 Å². The summed E-state index contributed by atoms with van der Waals surface area (Å²) in [7, 11) is 0. The van der Waals surface area contributed by atoms with Gasteiger partial charge >= 0.3 is 18.1 Å². The Balaban J connectivity index is 2.59. The highest BCUT2D eigenvalue weighted by molar-refractivity contribution is 5.93. The van der Waals surface area contributed by atoms with Crippen molar-refractivity contribution in [3.8, 4) is 5.75 Å². The average Bonchev–Trinajstić information content (AvgIpc) is 2.50. The van der Waals surface area contributed by atoms with E-state index in [4.69, 9.17) is 4.74 Å². The highest BCUT2D eigenvalue weighted by atomic mass is 19.4. The summed E-state index contributed by atoms with van der Waals surface area (Å²) >= 11 is 0. The van der Waals surface area contributed by atoms with Crippen molar-refractivity contribution in [2.24, 2.45) is 0 Å². The third-order valence-corrected chi connectivity index (χ3v) is 3.96. The second-order valence-corrected chi connectivity index (χ2v) is 7.24. The molecule has 0 aliphatic rings. The first-order valence-corrected chi connectivity index (χ1v) is 7.90. The molecule has 0 aliphatic heterocycles. The van der Waals surface area contributed by atoms with Crippen LogP contribution in [0.2, 0.25) is 0 Å². The minimum Gasteiger partial charge on any atom is -0.487 e. The second-order valence-electron chi connectivity index (χ2n) is 7.24. The lowest BCUT2D eigenvalue weighted by Crippen LogP contribution is -2.41. The van der Waals surface area contributed by atoms with E-state index in [1.807, 2.05) is 0 Å². The van der Waals surface area contributed by atoms with Crippen molar-refractivity contribution in [3.05, 3.63) is 35.0 Å². The second kappa shape index (κ2) is 6.61. The molecule has 1 N–H and O–H groups in total. The van der Waals surface area contributed by atoms with Crippen LogP contribution in [0.3, 0.4) is 0 Å². The van der Waals surface area contributed by atoms with E-state index >= 15 is 0 Å². The number of aromatic carboxylic acids is 1. The van der Waals surface area contributed by atoms with Crippen LogP contribution < -0.4 is 4.74 Å². The fourth-order valence-corrected chi connectivity index (χ4v) is 2.48. The Morgan fingerprint density at radius 2 is 1.70 bits per heavy atom. The van der Waals surface area contributed by atoms with Crippen LogP contribution in [0.25, 0.3) is 10.9 Å². The molecule has 0 bridgehead atoms. The minimum atomic E-state index is -5.72. The van der Waals surface area contributed by atoms with E-state index in [2.05, 4.69) is 4.98 Å². The van der Waals surface area contributed by atoms with Crippen LogP contribution in [0.1, 0.15) is 42.4 Å². The number of carboxylic acids is 1. The number of carbonyl (C=O) groups is 1. The molecule has 0 aliphatic carbocycles. The number of hydrogen-bond donors (Lipinski definition) is 1. The number of benzene rings is 1. The molecule has 0 fully saturated rings. The molecule has 0 amide bonds. The maximum absolute atomic E-state index is 13.2. The van der Waals surface area contributed by atoms with E-state index in [1.165, 1.54) is 18.2 Å². The van der Waals surface area contributed by atoms with Crippen LogP contribution >= 0.6 is 0 Å². The molecule has 2 rings (SSSR count). The Morgan fingerprint density at radius 1 is 1.11 bits per heavy atom. The fourth-order valence-electron chi connectivity index (χ4n) is 2.48. The molecular formula is C18H18F5NO3. The van der Waals surface area contributed by atoms with Gasteiger partial charge in [-0.1, -0.05) is 20.8 Å². The molecule has 27 heavy (non-hydrogen) atoms. The molecule has 1 heterocycles. The Hall–Kier alpha value is -2.45. The number of aromatic nitrogens is 1. The molecule has 0 saturated heterocycles. The fraction of sp³-hybridized carbons (Fsp3) is 0.444. The van der Waals surface area contributed by atoms with Crippen molar-refractivity contribution in [1.82, 2.24) is 4.98 Å². The lowest BCUT2D eigenvalue weighted by Gasteiger charge is -2.24. The molecule has 2 aromatic rings. The van der Waals surface area contributed by atoms with E-state index in [1.54, 1.807) is 27.7 Å². The molecule has 0 unspecified atom stereocenters. The predicted octanol–water partition coefficient (Wildman–Crippen LogP) is 5.12. The van der Waals surface area contributed by atoms with Crippen LogP contribution in [0.4, 0.5) is 22.0 Å². The Kier molecular flexibility index (Phi) is 5.11. The summed E-state index contributed by atoms with van der Waals surface area (Å²) in [5, 5.41) is 9.60. The highest BCUT2D eigenvalue weighted by Gasteiger charge is 2.58. The number of fused-ring (bicyclic) bond motifs is 1. The van der Waals surface area contributed by atoms with Gasteiger partial charge in [0.25, 0.3) is 0 Å². The smallest absolute Gasteiger partial charge is 0.456 e. The van der Waals surface area contributed by atoms with Crippen molar-refractivity contribution in [2.45, 2.75) is 45.2 Å². The predicted molar refractivity (Wildman–Crippen MR) is 88.6 cm³/mol. The first-order chi connectivity index (χ1) is 12.1. The lowest BCUT2D eigenvalue weighted by molar-refractivity contribution is -0.290. The number of alkyl halides is 5. The number of pyridine rings is 1. The lowest BCUT2D eigenvalue weighted by atomic mass is 9.84. The number of hydrogen-bond acceptors (Lipinski definition) is 3. The van der Waals surface area contributed by atoms with Gasteiger partial charge in [0.1, 0.15) is 11.4 Å². The van der Waals surface area contributed by atoms with Crippen molar-refractivity contribution in [1.29, 1.82) is 0 Å². The van der Waals surface area contributed by atoms with Gasteiger partial charge in [-0.2, -0.15) is 22.0 Å². The number of halogens is 5. The Morgan fingerprint density at radius 3 is 2.19 bits per heavy atom. The summed E-state index contributed by atoms with van der Waals surface area (Å²) in [6, 6.07) is 3.89. The quantitative estimate of drug-likeness (QED) is 0.736. The van der Waals surface area contributed by atoms with Gasteiger partial charge in [0, 0.05) is 5.39 Å². The first-order valence-electron chi connectivity index (χ1n) is 7.90. The van der Waals surface area contributed by atoms with E-state index < -0.39 is 30.1 Å². The summed E-state index contributed by atoms with van der Waals surface area (Å²) in [6.45, 7) is 5.07. The Labute approximate surface area is 152 Å². The van der Waals surface area contributed by atoms with Gasteiger partial charge in [-0.25, -0.2) is 9.78 Å². The van der Waals surface area contributed by atoms with E-state index in [0.29, 0.717) is 22.0 Å². The standard InChI is InChI=1S/C18H18F5NO3/c1-9-5-13(15(25)26)24-14-11(9)6-10(7-12(14)16(2,3)4)27-8-17(19,20)18(21,22)23/h5-7H,8H2,1-4H3,(H,25,26). The monoisotopic (exact) mass is 391 g/mol. The van der Waals surface area contributed by atoms with Crippen molar-refractivity contribution < 1.29 is 36.6 Å². The van der Waals surface area contributed by atoms with Crippen LogP contribution in [-0.4, -0.2) is 34.8 Å². The van der Waals surface area contributed by atoms with Gasteiger partial charge in [-0.15, -0.1) is 0 Å². The van der Waals surface area contributed by atoms with Crippen molar-refractivity contribution in [3.63, 3.8) is 0 Å². The topological polar surface area (TPSA) is 59.4 Å². The molecule has 0 atom stereocenters. The minimum absolute atomic E-state index is 0.177. The highest BCUT2D eigenvalue weighted by Crippen LogP contribution is 2.38. The van der Waals surface area contributed by atoms with E-state index in [9.17, 15) is 31.9 Å². The normalized spacial score (nSPS) is 13.1. The van der Waals surface area contributed by atoms with E-state index in [-0.39, 0.29) is 11.4 Å². The molecule has 4 nitrogen and oxygen atoms in total. The molecule has 1 aromatic heterocycles. The van der Waals surface area contributed by atoms with Gasteiger partial charge in [0.05, 0.1) is 5.52 Å². The number of carboxylic acid groups (broad SMARTS) is 1.